The summed E-state index contributed by atoms with van der Waals surface area (Å²) in [4.78, 5) is 4.14. The summed E-state index contributed by atoms with van der Waals surface area (Å²) in [6.07, 6.45) is 3.17. The van der Waals surface area contributed by atoms with Gasteiger partial charge in [0.05, 0.1) is 30.0 Å². The molecule has 2 aromatic heterocycles. The van der Waals surface area contributed by atoms with Gasteiger partial charge in [-0.2, -0.15) is 10.4 Å². The zero-order valence-electron chi connectivity index (χ0n) is 17.9. The van der Waals surface area contributed by atoms with Gasteiger partial charge in [0.2, 0.25) is 0 Å². The van der Waals surface area contributed by atoms with Crippen molar-refractivity contribution in [3.63, 3.8) is 0 Å². The largest absolute Gasteiger partial charge is 0.490 e. The lowest BCUT2D eigenvalue weighted by Gasteiger charge is -2.24. The van der Waals surface area contributed by atoms with E-state index in [-0.39, 0.29) is 12.6 Å². The molecule has 0 fully saturated rings. The van der Waals surface area contributed by atoms with Gasteiger partial charge in [-0.05, 0) is 53.1 Å². The van der Waals surface area contributed by atoms with Gasteiger partial charge in [0.15, 0.2) is 0 Å². The SMILES string of the molecule is CC(C)(C)OB(N)c1cc(OCCN=C(N)OC(C)(C)C)cn2ncc(C#N)c12. The molecule has 0 aliphatic rings. The van der Waals surface area contributed by atoms with Crippen LogP contribution in [-0.2, 0) is 9.39 Å². The minimum absolute atomic E-state index is 0.114. The van der Waals surface area contributed by atoms with E-state index in [1.807, 2.05) is 41.5 Å². The van der Waals surface area contributed by atoms with Crippen molar-refractivity contribution in [3.05, 3.63) is 24.0 Å². The highest BCUT2D eigenvalue weighted by Gasteiger charge is 2.26. The molecule has 0 aromatic carbocycles. The van der Waals surface area contributed by atoms with Gasteiger partial charge < -0.3 is 25.5 Å². The molecule has 4 N–H and O–H groups in total. The number of ether oxygens (including phenoxy) is 2. The van der Waals surface area contributed by atoms with Crippen LogP contribution in [0, 0.1) is 11.3 Å². The monoisotopic (exact) mass is 400 g/mol. The highest BCUT2D eigenvalue weighted by atomic mass is 16.5. The number of hydrogen-bond donors (Lipinski definition) is 2. The molecule has 0 unspecified atom stereocenters. The molecule has 0 radical (unpaired) electrons. The Morgan fingerprint density at radius 2 is 1.97 bits per heavy atom. The summed E-state index contributed by atoms with van der Waals surface area (Å²) in [5.41, 5.74) is 12.8. The molecule has 0 saturated heterocycles. The fourth-order valence-electron chi connectivity index (χ4n) is 2.61. The molecule has 0 aliphatic carbocycles. The van der Waals surface area contributed by atoms with Gasteiger partial charge in [-0.25, -0.2) is 9.51 Å². The zero-order chi connectivity index (χ0) is 21.8. The molecular weight excluding hydrogens is 371 g/mol. The molecule has 0 bridgehead atoms. The third-order valence-electron chi connectivity index (χ3n) is 3.56. The second-order valence-electron chi connectivity index (χ2n) is 8.53. The summed E-state index contributed by atoms with van der Waals surface area (Å²) >= 11 is 0. The summed E-state index contributed by atoms with van der Waals surface area (Å²) in [7, 11) is -0.751. The lowest BCUT2D eigenvalue weighted by molar-refractivity contribution is 0.113. The lowest BCUT2D eigenvalue weighted by atomic mass is 9.73. The van der Waals surface area contributed by atoms with Gasteiger partial charge in [-0.1, -0.05) is 0 Å². The Hall–Kier alpha value is -2.77. The number of nitrogens with zero attached hydrogens (tertiary/aromatic N) is 4. The number of nitriles is 1. The Kier molecular flexibility index (Phi) is 6.77. The van der Waals surface area contributed by atoms with Gasteiger partial charge in [-0.15, -0.1) is 0 Å². The van der Waals surface area contributed by atoms with Crippen LogP contribution in [0.2, 0.25) is 0 Å². The second-order valence-corrected chi connectivity index (χ2v) is 8.53. The van der Waals surface area contributed by atoms with Crippen molar-refractivity contribution < 1.29 is 14.1 Å². The van der Waals surface area contributed by atoms with E-state index in [0.717, 1.165) is 0 Å². The normalized spacial score (nSPS) is 12.7. The van der Waals surface area contributed by atoms with Crippen LogP contribution in [0.1, 0.15) is 47.1 Å². The van der Waals surface area contributed by atoms with Crippen LogP contribution in [0.15, 0.2) is 23.5 Å². The van der Waals surface area contributed by atoms with E-state index in [2.05, 4.69) is 16.2 Å². The van der Waals surface area contributed by atoms with Gasteiger partial charge in [0, 0.05) is 5.60 Å². The van der Waals surface area contributed by atoms with Crippen LogP contribution in [0.4, 0.5) is 0 Å². The maximum absolute atomic E-state index is 9.38. The molecule has 29 heavy (non-hydrogen) atoms. The van der Waals surface area contributed by atoms with Crippen LogP contribution >= 0.6 is 0 Å². The highest BCUT2D eigenvalue weighted by molar-refractivity contribution is 6.66. The summed E-state index contributed by atoms with van der Waals surface area (Å²) in [6.45, 7) is 12.0. The Balaban J connectivity index is 2.20. The van der Waals surface area contributed by atoms with E-state index in [9.17, 15) is 5.26 Å². The average molecular weight is 400 g/mol. The van der Waals surface area contributed by atoms with Crippen LogP contribution in [0.3, 0.4) is 0 Å². The smallest absolute Gasteiger partial charge is 0.415 e. The number of rotatable bonds is 6. The molecule has 0 amide bonds. The van der Waals surface area contributed by atoms with E-state index in [0.29, 0.717) is 28.8 Å². The van der Waals surface area contributed by atoms with Crippen LogP contribution in [0.5, 0.6) is 5.75 Å². The summed E-state index contributed by atoms with van der Waals surface area (Å²) in [5.74, 6) is 0.526. The van der Waals surface area contributed by atoms with E-state index < -0.39 is 18.3 Å². The first kappa shape index (κ1) is 22.5. The molecule has 0 spiro atoms. The molecule has 156 valence electrons. The molecule has 2 aromatic rings. The Labute approximate surface area is 171 Å². The fourth-order valence-corrected chi connectivity index (χ4v) is 2.61. The highest BCUT2D eigenvalue weighted by Crippen LogP contribution is 2.17. The van der Waals surface area contributed by atoms with Crippen molar-refractivity contribution in [1.82, 2.24) is 9.61 Å². The van der Waals surface area contributed by atoms with Crippen molar-refractivity contribution in [2.45, 2.75) is 52.7 Å². The fraction of sp³-hybridized carbons (Fsp3) is 0.526. The maximum Gasteiger partial charge on any atom is 0.415 e. The number of hydrogen-bond acceptors (Lipinski definition) is 7. The van der Waals surface area contributed by atoms with Crippen LogP contribution in [-0.4, -0.2) is 47.0 Å². The second kappa shape index (κ2) is 8.72. The van der Waals surface area contributed by atoms with Gasteiger partial charge in [0.25, 0.3) is 6.02 Å². The van der Waals surface area contributed by atoms with Crippen molar-refractivity contribution in [1.29, 1.82) is 5.26 Å². The van der Waals surface area contributed by atoms with Gasteiger partial charge in [0.1, 0.15) is 24.0 Å². The molecule has 10 heteroatoms. The van der Waals surface area contributed by atoms with Crippen molar-refractivity contribution in [2.24, 2.45) is 16.4 Å². The Bertz CT molecular complexity index is 921. The molecule has 0 atom stereocenters. The topological polar surface area (TPSA) is 133 Å². The average Bonchev–Trinajstić information content (AvgIpc) is 2.98. The number of aromatic nitrogens is 2. The molecule has 9 nitrogen and oxygen atoms in total. The first-order valence-corrected chi connectivity index (χ1v) is 9.36. The minimum Gasteiger partial charge on any atom is -0.490 e. The van der Waals surface area contributed by atoms with Gasteiger partial charge in [-0.3, -0.25) is 0 Å². The third kappa shape index (κ3) is 6.66. The van der Waals surface area contributed by atoms with E-state index in [4.69, 9.17) is 25.5 Å². The maximum atomic E-state index is 9.38. The summed E-state index contributed by atoms with van der Waals surface area (Å²) in [6, 6.07) is 4.00. The Morgan fingerprint density at radius 3 is 2.55 bits per heavy atom. The number of aliphatic imine (C=N–C) groups is 1. The lowest BCUT2D eigenvalue weighted by Crippen LogP contribution is -2.48. The first-order chi connectivity index (χ1) is 13.4. The summed E-state index contributed by atoms with van der Waals surface area (Å²) < 4.78 is 18.7. The number of amidine groups is 1. The predicted molar refractivity (Wildman–Crippen MR) is 113 cm³/mol. The molecule has 0 saturated carbocycles. The minimum atomic E-state index is -0.751. The van der Waals surface area contributed by atoms with Crippen LogP contribution < -0.4 is 21.6 Å². The van der Waals surface area contributed by atoms with E-state index in [1.165, 1.54) is 6.20 Å². The molecule has 0 aliphatic heterocycles. The van der Waals surface area contributed by atoms with Crippen LogP contribution in [0.25, 0.3) is 5.52 Å². The predicted octanol–water partition coefficient (Wildman–Crippen LogP) is 1.18. The summed E-state index contributed by atoms with van der Waals surface area (Å²) in [5, 5.41) is 13.6. The van der Waals surface area contributed by atoms with Gasteiger partial charge >= 0.3 is 7.05 Å². The van der Waals surface area contributed by atoms with Crippen molar-refractivity contribution >= 4 is 24.1 Å². The van der Waals surface area contributed by atoms with Crippen molar-refractivity contribution in [2.75, 3.05) is 13.2 Å². The quantitative estimate of drug-likeness (QED) is 0.322. The molecule has 2 heterocycles. The third-order valence-corrected chi connectivity index (χ3v) is 3.56. The van der Waals surface area contributed by atoms with E-state index >= 15 is 0 Å². The zero-order valence-corrected chi connectivity index (χ0v) is 17.9. The number of pyridine rings is 1. The number of nitrogens with two attached hydrogens (primary N) is 2. The number of fused-ring (bicyclic) bond motifs is 1. The molecule has 2 rings (SSSR count). The Morgan fingerprint density at radius 1 is 1.28 bits per heavy atom. The van der Waals surface area contributed by atoms with E-state index in [1.54, 1.807) is 16.8 Å². The van der Waals surface area contributed by atoms with Crippen molar-refractivity contribution in [3.8, 4) is 11.8 Å². The standard InChI is InChI=1S/C19H29BN6O3/c1-18(2,3)28-17(22)24-7-8-27-14-9-15(20(23)29-19(4,5)6)16-13(10-21)11-25-26(16)12-14/h9,11-12H,7-8,23H2,1-6H3,(H2,22,24). The first-order valence-electron chi connectivity index (χ1n) is 9.36. The molecular formula is C19H29BN6O3.